The maximum atomic E-state index is 13.0. The van der Waals surface area contributed by atoms with Crippen LogP contribution in [0.2, 0.25) is 0 Å². The number of aromatic nitrogens is 2. The van der Waals surface area contributed by atoms with Gasteiger partial charge in [0.25, 0.3) is 0 Å². The fraction of sp³-hybridized carbons (Fsp3) is 0.556. The predicted octanol–water partition coefficient (Wildman–Crippen LogP) is 0.660. The maximum Gasteiger partial charge on any atom is 0.312 e. The first-order chi connectivity index (χ1) is 6.81. The monoisotopic (exact) mass is 197 g/mol. The summed E-state index contributed by atoms with van der Waals surface area (Å²) >= 11 is 0. The van der Waals surface area contributed by atoms with Crippen molar-refractivity contribution in [1.29, 1.82) is 0 Å². The van der Waals surface area contributed by atoms with E-state index < -0.39 is 6.08 Å². The topological polar surface area (TPSA) is 47.0 Å². The van der Waals surface area contributed by atoms with E-state index in [4.69, 9.17) is 4.74 Å². The van der Waals surface area contributed by atoms with E-state index >= 15 is 0 Å². The lowest BCUT2D eigenvalue weighted by atomic mass is 10.1. The van der Waals surface area contributed by atoms with Crippen LogP contribution in [0.25, 0.3) is 0 Å². The number of fused-ring (bicyclic) bond motifs is 1. The van der Waals surface area contributed by atoms with Crippen molar-refractivity contribution in [2.45, 2.75) is 19.9 Å². The minimum absolute atomic E-state index is 0.377. The van der Waals surface area contributed by atoms with Crippen LogP contribution in [0, 0.1) is 6.08 Å². The average Bonchev–Trinajstić information content (AvgIpc) is 2.18. The molecule has 0 fully saturated rings. The van der Waals surface area contributed by atoms with Crippen molar-refractivity contribution in [3.8, 4) is 5.88 Å². The van der Waals surface area contributed by atoms with Crippen molar-refractivity contribution in [3.05, 3.63) is 17.3 Å². The Morgan fingerprint density at radius 1 is 1.50 bits per heavy atom. The van der Waals surface area contributed by atoms with E-state index in [9.17, 15) is 4.39 Å². The van der Waals surface area contributed by atoms with Gasteiger partial charge < -0.3 is 10.1 Å². The van der Waals surface area contributed by atoms with Gasteiger partial charge in [-0.15, -0.1) is 0 Å². The summed E-state index contributed by atoms with van der Waals surface area (Å²) in [6.45, 7) is 3.82. The molecule has 2 rings (SSSR count). The van der Waals surface area contributed by atoms with Crippen LogP contribution in [0.3, 0.4) is 0 Å². The third-order valence-electron chi connectivity index (χ3n) is 2.15. The van der Waals surface area contributed by atoms with Gasteiger partial charge in [-0.2, -0.15) is 9.37 Å². The van der Waals surface area contributed by atoms with Crippen molar-refractivity contribution < 1.29 is 9.13 Å². The Balaban J connectivity index is 2.41. The Bertz CT molecular complexity index is 343. The van der Waals surface area contributed by atoms with Gasteiger partial charge in [0.05, 0.1) is 12.3 Å². The number of hydrogen-bond acceptors (Lipinski definition) is 4. The molecule has 1 aromatic rings. The van der Waals surface area contributed by atoms with E-state index in [0.29, 0.717) is 19.0 Å². The third kappa shape index (κ3) is 1.68. The highest BCUT2D eigenvalue weighted by Gasteiger charge is 2.18. The number of nitrogens with zero attached hydrogens (tertiary/aromatic N) is 2. The predicted molar refractivity (Wildman–Crippen MR) is 48.6 cm³/mol. The minimum Gasteiger partial charge on any atom is -0.478 e. The van der Waals surface area contributed by atoms with Crippen LogP contribution >= 0.6 is 0 Å². The summed E-state index contributed by atoms with van der Waals surface area (Å²) in [5, 5.41) is 3.18. The molecule has 0 saturated carbocycles. The van der Waals surface area contributed by atoms with Crippen LogP contribution in [-0.2, 0) is 13.0 Å². The lowest BCUT2D eigenvalue weighted by molar-refractivity contribution is 0.309. The maximum absolute atomic E-state index is 13.0. The van der Waals surface area contributed by atoms with Gasteiger partial charge in [-0.25, -0.2) is 4.98 Å². The smallest absolute Gasteiger partial charge is 0.312 e. The molecule has 0 aromatic carbocycles. The van der Waals surface area contributed by atoms with Crippen LogP contribution in [0.5, 0.6) is 5.88 Å². The molecule has 5 heteroatoms. The van der Waals surface area contributed by atoms with Gasteiger partial charge in [0.15, 0.2) is 0 Å². The van der Waals surface area contributed by atoms with Gasteiger partial charge in [-0.1, -0.05) is 0 Å². The van der Waals surface area contributed by atoms with Gasteiger partial charge in [-0.05, 0) is 6.92 Å². The number of rotatable bonds is 2. The minimum atomic E-state index is -0.700. The second kappa shape index (κ2) is 3.88. The average molecular weight is 197 g/mol. The summed E-state index contributed by atoms with van der Waals surface area (Å²) < 4.78 is 18.2. The van der Waals surface area contributed by atoms with Crippen LogP contribution in [0.1, 0.15) is 18.2 Å². The fourth-order valence-corrected chi connectivity index (χ4v) is 1.54. The molecule has 0 saturated heterocycles. The summed E-state index contributed by atoms with van der Waals surface area (Å²) in [7, 11) is 0. The van der Waals surface area contributed by atoms with Gasteiger partial charge >= 0.3 is 6.08 Å². The molecule has 4 nitrogen and oxygen atoms in total. The van der Waals surface area contributed by atoms with E-state index in [1.807, 2.05) is 6.92 Å². The number of ether oxygens (including phenoxy) is 1. The number of hydrogen-bond donors (Lipinski definition) is 1. The molecule has 0 aliphatic carbocycles. The Kier molecular flexibility index (Phi) is 2.58. The van der Waals surface area contributed by atoms with Crippen molar-refractivity contribution in [1.82, 2.24) is 15.3 Å². The van der Waals surface area contributed by atoms with E-state index in [1.165, 1.54) is 0 Å². The van der Waals surface area contributed by atoms with Crippen molar-refractivity contribution in [3.63, 3.8) is 0 Å². The number of nitrogens with one attached hydrogen (secondary N) is 1. The molecule has 0 atom stereocenters. The summed E-state index contributed by atoms with van der Waals surface area (Å²) in [5.74, 6) is 0.377. The fourth-order valence-electron chi connectivity index (χ4n) is 1.54. The zero-order valence-electron chi connectivity index (χ0n) is 8.01. The molecule has 0 bridgehead atoms. The highest BCUT2D eigenvalue weighted by molar-refractivity contribution is 5.31. The second-order valence-electron chi connectivity index (χ2n) is 3.08. The van der Waals surface area contributed by atoms with Gasteiger partial charge in [0, 0.05) is 25.1 Å². The van der Waals surface area contributed by atoms with Gasteiger partial charge in [-0.3, -0.25) is 0 Å². The molecule has 14 heavy (non-hydrogen) atoms. The number of halogens is 1. The van der Waals surface area contributed by atoms with Crippen LogP contribution < -0.4 is 10.1 Å². The summed E-state index contributed by atoms with van der Waals surface area (Å²) in [5.41, 5.74) is 1.65. The standard InChI is InChI=1S/C9H12FN3O/c1-2-14-8-6-5-11-4-3-7(6)12-9(10)13-8/h11H,2-5H2,1H3. The summed E-state index contributed by atoms with van der Waals surface area (Å²) in [6, 6.07) is 0. The molecule has 0 amide bonds. The van der Waals surface area contributed by atoms with Crippen LogP contribution in [-0.4, -0.2) is 23.1 Å². The molecule has 76 valence electrons. The van der Waals surface area contributed by atoms with Crippen LogP contribution in [0.4, 0.5) is 4.39 Å². The second-order valence-corrected chi connectivity index (χ2v) is 3.08. The van der Waals surface area contributed by atoms with Gasteiger partial charge in [0.2, 0.25) is 5.88 Å². The highest BCUT2D eigenvalue weighted by Crippen LogP contribution is 2.21. The van der Waals surface area contributed by atoms with Crippen molar-refractivity contribution >= 4 is 0 Å². The molecule has 2 heterocycles. The first kappa shape index (κ1) is 9.33. The van der Waals surface area contributed by atoms with E-state index in [1.54, 1.807) is 0 Å². The Morgan fingerprint density at radius 3 is 3.14 bits per heavy atom. The van der Waals surface area contributed by atoms with E-state index in [0.717, 1.165) is 24.2 Å². The molecule has 1 aliphatic rings. The van der Waals surface area contributed by atoms with Gasteiger partial charge in [0.1, 0.15) is 0 Å². The first-order valence-corrected chi connectivity index (χ1v) is 4.70. The first-order valence-electron chi connectivity index (χ1n) is 4.70. The van der Waals surface area contributed by atoms with E-state index in [2.05, 4.69) is 15.3 Å². The Morgan fingerprint density at radius 2 is 2.36 bits per heavy atom. The van der Waals surface area contributed by atoms with E-state index in [-0.39, 0.29) is 0 Å². The molecular weight excluding hydrogens is 185 g/mol. The molecule has 1 aromatic heterocycles. The Labute approximate surface area is 81.5 Å². The Hall–Kier alpha value is -1.23. The molecule has 0 spiro atoms. The summed E-state index contributed by atoms with van der Waals surface area (Å²) in [6.07, 6.45) is 0.0311. The van der Waals surface area contributed by atoms with Crippen LogP contribution in [0.15, 0.2) is 0 Å². The lowest BCUT2D eigenvalue weighted by Crippen LogP contribution is -2.26. The molecule has 0 unspecified atom stereocenters. The molecule has 1 N–H and O–H groups in total. The quantitative estimate of drug-likeness (QED) is 0.707. The lowest BCUT2D eigenvalue weighted by Gasteiger charge is -2.18. The third-order valence-corrected chi connectivity index (χ3v) is 2.15. The zero-order chi connectivity index (χ0) is 9.97. The largest absolute Gasteiger partial charge is 0.478 e. The normalized spacial score (nSPS) is 15.0. The van der Waals surface area contributed by atoms with Crippen molar-refractivity contribution in [2.75, 3.05) is 13.2 Å². The van der Waals surface area contributed by atoms with Crippen molar-refractivity contribution in [2.24, 2.45) is 0 Å². The molecule has 0 radical (unpaired) electrons. The zero-order valence-corrected chi connectivity index (χ0v) is 8.01. The molecule has 1 aliphatic heterocycles. The summed E-state index contributed by atoms with van der Waals surface area (Å²) in [4.78, 5) is 7.40. The molecular formula is C9H12FN3O. The SMILES string of the molecule is CCOc1nc(F)nc2c1CNCC2. The highest BCUT2D eigenvalue weighted by atomic mass is 19.1.